The van der Waals surface area contributed by atoms with E-state index in [1.807, 2.05) is 0 Å². The Morgan fingerprint density at radius 2 is 2.09 bits per heavy atom. The van der Waals surface area contributed by atoms with Crippen molar-refractivity contribution in [3.8, 4) is 5.69 Å². The zero-order valence-electron chi connectivity index (χ0n) is 17.8. The van der Waals surface area contributed by atoms with Crippen molar-refractivity contribution in [3.63, 3.8) is 0 Å². The summed E-state index contributed by atoms with van der Waals surface area (Å²) in [5.41, 5.74) is 2.24. The van der Waals surface area contributed by atoms with Gasteiger partial charge in [0.05, 0.1) is 23.7 Å². The summed E-state index contributed by atoms with van der Waals surface area (Å²) in [7, 11) is 1.62. The molecule has 4 N–H and O–H groups in total. The van der Waals surface area contributed by atoms with Crippen molar-refractivity contribution in [2.75, 3.05) is 13.7 Å². The average Bonchev–Trinajstić information content (AvgIpc) is 3.47. The van der Waals surface area contributed by atoms with Crippen LogP contribution in [0.25, 0.3) is 5.69 Å². The van der Waals surface area contributed by atoms with Crippen molar-refractivity contribution in [3.05, 3.63) is 47.8 Å². The topological polar surface area (TPSA) is 163 Å². The van der Waals surface area contributed by atoms with E-state index in [4.69, 9.17) is 9.84 Å². The fraction of sp³-hybridized carbons (Fsp3) is 0.450. The van der Waals surface area contributed by atoms with Crippen LogP contribution in [-0.4, -0.2) is 67.4 Å². The van der Waals surface area contributed by atoms with Gasteiger partial charge in [0, 0.05) is 50.0 Å². The van der Waals surface area contributed by atoms with Gasteiger partial charge in [-0.15, -0.1) is 4.68 Å². The number of carbonyl (C=O) groups is 2. The number of H-pyrrole nitrogens is 2. The summed E-state index contributed by atoms with van der Waals surface area (Å²) < 4.78 is 6.77. The molecule has 1 amide bonds. The van der Waals surface area contributed by atoms with E-state index >= 15 is 0 Å². The van der Waals surface area contributed by atoms with Gasteiger partial charge in [-0.05, 0) is 25.7 Å². The van der Waals surface area contributed by atoms with Crippen LogP contribution in [0.5, 0.6) is 0 Å². The Hall–Kier alpha value is -3.67. The second-order valence-electron chi connectivity index (χ2n) is 7.36. The SMILES string of the molecule is COCCC(Cc1c[n+](-c2cncc(C(=O)O)c2)[nH]n1)NC(=O)CCCCc1cn[nH]n1. The Labute approximate surface area is 184 Å². The second-order valence-corrected chi connectivity index (χ2v) is 7.36. The molecule has 0 aromatic carbocycles. The van der Waals surface area contributed by atoms with Crippen LogP contribution in [0.1, 0.15) is 47.4 Å². The fourth-order valence-corrected chi connectivity index (χ4v) is 3.21. The van der Waals surface area contributed by atoms with Crippen molar-refractivity contribution >= 4 is 11.9 Å². The smallest absolute Gasteiger partial charge is 0.337 e. The van der Waals surface area contributed by atoms with Gasteiger partial charge in [0.15, 0.2) is 11.9 Å². The van der Waals surface area contributed by atoms with Gasteiger partial charge in [0.2, 0.25) is 11.6 Å². The average molecular weight is 443 g/mol. The number of carboxylic acid groups (broad SMARTS) is 1. The number of carboxylic acids is 1. The van der Waals surface area contributed by atoms with Crippen molar-refractivity contribution < 1.29 is 24.1 Å². The van der Waals surface area contributed by atoms with Crippen LogP contribution in [0.4, 0.5) is 0 Å². The van der Waals surface area contributed by atoms with Crippen LogP contribution in [0.2, 0.25) is 0 Å². The number of unbranched alkanes of at least 4 members (excludes halogenated alkanes) is 1. The zero-order chi connectivity index (χ0) is 22.8. The monoisotopic (exact) mass is 443 g/mol. The molecule has 12 nitrogen and oxygen atoms in total. The number of nitrogens with one attached hydrogen (secondary N) is 3. The largest absolute Gasteiger partial charge is 0.478 e. The molecule has 1 atom stereocenters. The summed E-state index contributed by atoms with van der Waals surface area (Å²) in [6.07, 6.45) is 10.2. The lowest BCUT2D eigenvalue weighted by Gasteiger charge is -2.16. The minimum atomic E-state index is -1.05. The van der Waals surface area contributed by atoms with Crippen LogP contribution in [0.15, 0.2) is 30.9 Å². The highest BCUT2D eigenvalue weighted by atomic mass is 16.5. The van der Waals surface area contributed by atoms with E-state index in [0.717, 1.165) is 30.7 Å². The van der Waals surface area contributed by atoms with Gasteiger partial charge in [0.25, 0.3) is 0 Å². The van der Waals surface area contributed by atoms with Crippen LogP contribution in [0, 0.1) is 0 Å². The first-order valence-electron chi connectivity index (χ1n) is 10.3. The van der Waals surface area contributed by atoms with E-state index in [2.05, 4.69) is 36.0 Å². The molecule has 0 radical (unpaired) electrons. The Kier molecular flexibility index (Phi) is 8.37. The Morgan fingerprint density at radius 3 is 2.84 bits per heavy atom. The summed E-state index contributed by atoms with van der Waals surface area (Å²) in [6, 6.07) is 1.36. The highest BCUT2D eigenvalue weighted by Crippen LogP contribution is 2.07. The van der Waals surface area contributed by atoms with Crippen molar-refractivity contribution in [1.82, 2.24) is 36.0 Å². The number of carbonyl (C=O) groups excluding carboxylic acids is 1. The highest BCUT2D eigenvalue weighted by molar-refractivity contribution is 5.87. The van der Waals surface area contributed by atoms with Crippen LogP contribution in [-0.2, 0) is 22.4 Å². The second kappa shape index (κ2) is 11.6. The normalized spacial score (nSPS) is 11.9. The standard InChI is InChI=1S/C20H26N8O4/c1-32-7-6-15(23-19(29)5-3-2-4-16-11-22-26-24-16)9-17-13-28(27-25-17)18-8-14(20(30)31)10-21-12-18/h8,10-13,15H,2-7,9H2,1H3,(H3,22,23,24,26,29,30,31)/p+1. The third-order valence-corrected chi connectivity index (χ3v) is 4.87. The maximum Gasteiger partial charge on any atom is 0.337 e. The molecular weight excluding hydrogens is 416 g/mol. The summed E-state index contributed by atoms with van der Waals surface area (Å²) in [6.45, 7) is 0.506. The molecule has 0 aliphatic carbocycles. The molecule has 170 valence electrons. The minimum Gasteiger partial charge on any atom is -0.478 e. The van der Waals surface area contributed by atoms with Gasteiger partial charge in [-0.1, -0.05) is 5.21 Å². The van der Waals surface area contributed by atoms with Gasteiger partial charge in [0.1, 0.15) is 0 Å². The van der Waals surface area contributed by atoms with Gasteiger partial charge < -0.3 is 15.2 Å². The number of nitrogens with zero attached hydrogens (tertiary/aromatic N) is 5. The lowest BCUT2D eigenvalue weighted by atomic mass is 10.1. The van der Waals surface area contributed by atoms with Gasteiger partial charge in [-0.25, -0.2) is 4.79 Å². The maximum atomic E-state index is 12.4. The fourth-order valence-electron chi connectivity index (χ4n) is 3.21. The lowest BCUT2D eigenvalue weighted by molar-refractivity contribution is -0.659. The van der Waals surface area contributed by atoms with Crippen molar-refractivity contribution in [2.24, 2.45) is 0 Å². The summed E-state index contributed by atoms with van der Waals surface area (Å²) in [5, 5.41) is 29.7. The molecular formula is C20H27N8O4+. The molecule has 3 aromatic heterocycles. The number of hydrogen-bond donors (Lipinski definition) is 4. The molecule has 3 aromatic rings. The van der Waals surface area contributed by atoms with E-state index < -0.39 is 5.97 Å². The number of methoxy groups -OCH3 is 1. The molecule has 32 heavy (non-hydrogen) atoms. The van der Waals surface area contributed by atoms with E-state index in [-0.39, 0.29) is 17.5 Å². The predicted octanol–water partition coefficient (Wildman–Crippen LogP) is 0.375. The molecule has 0 bridgehead atoms. The Bertz CT molecular complexity index is 1000. The molecule has 0 fully saturated rings. The first kappa shape index (κ1) is 23.0. The summed E-state index contributed by atoms with van der Waals surface area (Å²) in [5.74, 6) is -1.07. The number of aromatic amines is 2. The van der Waals surface area contributed by atoms with Crippen LogP contribution < -0.4 is 10.00 Å². The quantitative estimate of drug-likeness (QED) is 0.217. The number of pyridine rings is 1. The summed E-state index contributed by atoms with van der Waals surface area (Å²) in [4.78, 5) is 27.5. The van der Waals surface area contributed by atoms with Crippen molar-refractivity contribution in [2.45, 2.75) is 44.6 Å². The van der Waals surface area contributed by atoms with Crippen LogP contribution in [0.3, 0.4) is 0 Å². The predicted molar refractivity (Wildman–Crippen MR) is 111 cm³/mol. The third-order valence-electron chi connectivity index (χ3n) is 4.87. The number of hydrogen-bond acceptors (Lipinski definition) is 7. The van der Waals surface area contributed by atoms with Gasteiger partial charge >= 0.3 is 5.97 Å². The van der Waals surface area contributed by atoms with Crippen LogP contribution >= 0.6 is 0 Å². The maximum absolute atomic E-state index is 12.4. The van der Waals surface area contributed by atoms with E-state index in [1.165, 1.54) is 18.5 Å². The van der Waals surface area contributed by atoms with E-state index in [9.17, 15) is 9.59 Å². The first-order valence-corrected chi connectivity index (χ1v) is 10.3. The first-order chi connectivity index (χ1) is 15.5. The van der Waals surface area contributed by atoms with E-state index in [0.29, 0.717) is 31.6 Å². The Balaban J connectivity index is 1.54. The Morgan fingerprint density at radius 1 is 1.22 bits per heavy atom. The number of rotatable bonds is 13. The molecule has 12 heteroatoms. The number of aromatic carboxylic acids is 1. The highest BCUT2D eigenvalue weighted by Gasteiger charge is 2.20. The minimum absolute atomic E-state index is 0.0203. The molecule has 0 aliphatic heterocycles. The van der Waals surface area contributed by atoms with Crippen molar-refractivity contribution in [1.29, 1.82) is 0 Å². The molecule has 1 unspecified atom stereocenters. The van der Waals surface area contributed by atoms with Gasteiger partial charge in [-0.2, -0.15) is 15.4 Å². The number of ether oxygens (including phenoxy) is 1. The number of amides is 1. The lowest BCUT2D eigenvalue weighted by Crippen LogP contribution is -2.37. The molecule has 0 saturated heterocycles. The summed E-state index contributed by atoms with van der Waals surface area (Å²) >= 11 is 0. The molecule has 0 aliphatic rings. The molecule has 0 saturated carbocycles. The number of aryl methyl sites for hydroxylation is 1. The third kappa shape index (κ3) is 6.94. The molecule has 0 spiro atoms. The molecule has 3 rings (SSSR count). The molecule has 3 heterocycles. The van der Waals surface area contributed by atoms with Gasteiger partial charge in [-0.3, -0.25) is 9.78 Å². The number of aromatic nitrogens is 7. The van der Waals surface area contributed by atoms with E-state index in [1.54, 1.807) is 24.2 Å². The zero-order valence-corrected chi connectivity index (χ0v) is 17.8.